The van der Waals surface area contributed by atoms with E-state index in [9.17, 15) is 9.59 Å². The molecule has 21 nitrogen and oxygen atoms in total. The summed E-state index contributed by atoms with van der Waals surface area (Å²) >= 11 is 4.41. The Morgan fingerprint density at radius 1 is 0.546 bits per heavy atom. The van der Waals surface area contributed by atoms with Gasteiger partial charge in [-0.2, -0.15) is 0 Å². The molecule has 97 heavy (non-hydrogen) atoms. The fraction of sp³-hybridized carbons (Fsp3) is 0.324. The van der Waals surface area contributed by atoms with E-state index in [1.54, 1.807) is 66.4 Å². The van der Waals surface area contributed by atoms with Crippen LogP contribution in [0.4, 0.5) is 0 Å². The van der Waals surface area contributed by atoms with Crippen LogP contribution in [0.15, 0.2) is 111 Å². The van der Waals surface area contributed by atoms with E-state index in [0.29, 0.717) is 29.2 Å². The molecule has 10 heterocycles. The number of aromatic amines is 1. The quantitative estimate of drug-likeness (QED) is 0.0476. The number of primary amides is 1. The van der Waals surface area contributed by atoms with Crippen LogP contribution in [-0.4, -0.2) is 125 Å². The number of amides is 1. The van der Waals surface area contributed by atoms with Crippen LogP contribution in [0.1, 0.15) is 139 Å². The zero-order chi connectivity index (χ0) is 68.2. The third-order valence-corrected chi connectivity index (χ3v) is 16.5. The highest BCUT2D eigenvalue weighted by atomic mass is 127. The molecule has 0 saturated heterocycles. The Hall–Kier alpha value is -8.70. The summed E-state index contributed by atoms with van der Waals surface area (Å²) in [5.41, 5.74) is 27.9. The van der Waals surface area contributed by atoms with Gasteiger partial charge in [-0.3, -0.25) is 38.8 Å². The largest absolute Gasteiger partial charge is 0.490 e. The fourth-order valence-corrected chi connectivity index (χ4v) is 9.71. The second-order valence-corrected chi connectivity index (χ2v) is 34.6. The van der Waals surface area contributed by atoms with E-state index in [2.05, 4.69) is 187 Å². The van der Waals surface area contributed by atoms with E-state index in [1.807, 2.05) is 114 Å². The van der Waals surface area contributed by atoms with Crippen molar-refractivity contribution in [3.63, 3.8) is 0 Å². The molecule has 0 fully saturated rings. The second-order valence-electron chi connectivity index (χ2n) is 23.0. The van der Waals surface area contributed by atoms with Crippen molar-refractivity contribution in [1.82, 2.24) is 73.1 Å². The first-order valence-corrected chi connectivity index (χ1v) is 38.0. The number of carbonyl (C=O) groups is 2. The summed E-state index contributed by atoms with van der Waals surface area (Å²) in [6.07, 6.45) is 28.0. The number of hydrogen-bond acceptors (Lipinski definition) is 15. The van der Waals surface area contributed by atoms with Crippen molar-refractivity contribution in [3.8, 4) is 58.0 Å². The number of hydrogen-bond donors (Lipinski definition) is 4. The van der Waals surface area contributed by atoms with Crippen molar-refractivity contribution in [2.24, 2.45) is 5.73 Å². The molecule has 0 radical (unpaired) electrons. The Morgan fingerprint density at radius 2 is 0.948 bits per heavy atom. The molecule has 5 N–H and O–H groups in total. The van der Waals surface area contributed by atoms with Crippen LogP contribution in [-0.2, 0) is 4.74 Å². The maximum atomic E-state index is 12.3. The monoisotopic (exact) mass is 1570 g/mol. The SMILES string of the molecule is C.C.C.C.C.C#Cc1nc(C(N)=O)n(-c2cncc(C)c2)c1C.CCOC(=O)c1nc(C#C[Si](C)(C)C)c(C)n1-c1cncc(C)c1.Cc1[nH]cnc1I.Cc1cncc(-n2cnc(C#C[Si](C)(C)C)c2C)c1.Cc1cncc(-n2cnc(I)c2C)c1.Cc1cncc(B(O)O)c1. The topological polar surface area (TPSA) is 274 Å². The minimum atomic E-state index is -1.54. The van der Waals surface area contributed by atoms with E-state index in [1.165, 1.54) is 6.20 Å². The third kappa shape index (κ3) is 26.7. The van der Waals surface area contributed by atoms with Gasteiger partial charge in [0.1, 0.15) is 53.3 Å². The molecule has 26 heteroatoms. The molecule has 1 amide bonds. The summed E-state index contributed by atoms with van der Waals surface area (Å²) in [6, 6.07) is 9.71. The molecule has 0 aliphatic rings. The summed E-state index contributed by atoms with van der Waals surface area (Å²) in [5.74, 6) is 8.08. The molecular weight excluding hydrogens is 1480 g/mol. The lowest BCUT2D eigenvalue weighted by Crippen LogP contribution is -2.30. The lowest BCUT2D eigenvalue weighted by atomic mass is 9.81. The molecule has 10 rings (SSSR count). The van der Waals surface area contributed by atoms with Gasteiger partial charge in [0, 0.05) is 48.3 Å². The van der Waals surface area contributed by atoms with Crippen molar-refractivity contribution in [3.05, 3.63) is 204 Å². The Morgan fingerprint density at radius 3 is 1.31 bits per heavy atom. The van der Waals surface area contributed by atoms with Crippen LogP contribution in [0.2, 0.25) is 39.3 Å². The van der Waals surface area contributed by atoms with Crippen molar-refractivity contribution in [2.45, 2.75) is 153 Å². The van der Waals surface area contributed by atoms with E-state index in [0.717, 1.165) is 86.4 Å². The van der Waals surface area contributed by atoms with Crippen molar-refractivity contribution < 1.29 is 24.4 Å². The van der Waals surface area contributed by atoms with Gasteiger partial charge in [0.25, 0.3) is 5.91 Å². The van der Waals surface area contributed by atoms with E-state index >= 15 is 0 Å². The summed E-state index contributed by atoms with van der Waals surface area (Å²) in [5, 5.41) is 17.3. The van der Waals surface area contributed by atoms with Crippen LogP contribution in [0.3, 0.4) is 0 Å². The molecule has 0 aliphatic heterocycles. The standard InChI is InChI=1S/C18H23N3O2Si.C15H19N3Si.C13H12N4O.C10H10IN3.C6H8BNO2.C4H5IN2.5CH4/c1-7-23-18(22)17-20-16(8-9-24(4,5)6)14(3)21(17)15-10-13(2)11-19-12-15;1-12-8-14(10-16-9-12)18-11-17-15(13(18)2)6-7-19(3,4)5;1-4-11-9(3)17(13(16-11)12(14)18)10-5-8(2)6-15-7-10;1-7-3-9(5-12-4-7)14-6-13-10(11)8(14)2;1-5-2-6(7(9)10)4-8-3-5;1-3-4(5)7-2-6-3;;;;;/h10-12H,7H2,1-6H3;8-11H,1-5H3;1,5-7H,2-3H3,(H2,14,18);3-6H,1-2H3;2-4,9-10H,1H3;2H,1H3,(H,6,7);5*1H4. The number of imidazole rings is 5. The van der Waals surface area contributed by atoms with Gasteiger partial charge in [0.05, 0.1) is 83.2 Å². The lowest BCUT2D eigenvalue weighted by Gasteiger charge is -2.09. The second kappa shape index (κ2) is 40.8. The number of nitrogens with two attached hydrogens (primary N) is 1. The molecule has 0 aliphatic carbocycles. The Kier molecular flexibility index (Phi) is 37.1. The molecule has 10 aromatic rings. The van der Waals surface area contributed by atoms with Gasteiger partial charge in [-0.25, -0.2) is 29.7 Å². The minimum absolute atomic E-state index is 0. The smallest absolute Gasteiger partial charge is 0.460 e. The van der Waals surface area contributed by atoms with Crippen LogP contribution < -0.4 is 11.2 Å². The van der Waals surface area contributed by atoms with Gasteiger partial charge in [-0.05, 0) is 179 Å². The Bertz CT molecular complexity index is 4340. The average Bonchev–Trinajstić information content (AvgIpc) is 1.66. The normalized spacial score (nSPS) is 9.90. The van der Waals surface area contributed by atoms with Gasteiger partial charge in [-0.15, -0.1) is 17.5 Å². The summed E-state index contributed by atoms with van der Waals surface area (Å²) in [7, 11) is -4.31. The van der Waals surface area contributed by atoms with Gasteiger partial charge in [0.2, 0.25) is 11.6 Å². The number of H-pyrrole nitrogens is 1. The number of terminal acetylenes is 1. The number of ether oxygens (including phenoxy) is 1. The Balaban J connectivity index is 0.00000116. The average molecular weight is 1580 g/mol. The maximum absolute atomic E-state index is 12.3. The molecule has 0 unspecified atom stereocenters. The third-order valence-electron chi connectivity index (χ3n) is 12.6. The molecule has 0 spiro atoms. The summed E-state index contributed by atoms with van der Waals surface area (Å²) < 4.78 is 14.7. The predicted molar refractivity (Wildman–Crippen MR) is 417 cm³/mol. The number of nitrogens with zero attached hydrogens (tertiary/aromatic N) is 14. The fourth-order valence-electron chi connectivity index (χ4n) is 8.05. The van der Waals surface area contributed by atoms with E-state index < -0.39 is 35.1 Å². The van der Waals surface area contributed by atoms with Crippen LogP contribution in [0.5, 0.6) is 0 Å². The van der Waals surface area contributed by atoms with Crippen LogP contribution in [0, 0.1) is 112 Å². The summed E-state index contributed by atoms with van der Waals surface area (Å²) in [4.78, 5) is 68.3. The number of aryl methyl sites for hydroxylation is 6. The number of rotatable bonds is 8. The highest BCUT2D eigenvalue weighted by molar-refractivity contribution is 14.1. The zero-order valence-corrected chi connectivity index (χ0v) is 61.3. The number of carbonyl (C=O) groups excluding carboxylic acids is 2. The zero-order valence-electron chi connectivity index (χ0n) is 55.0. The molecule has 516 valence electrons. The molecule has 0 aromatic carbocycles. The number of esters is 1. The Labute approximate surface area is 605 Å². The molecule has 0 bridgehead atoms. The van der Waals surface area contributed by atoms with E-state index in [-0.39, 0.29) is 48.8 Å². The van der Waals surface area contributed by atoms with Gasteiger partial charge in [-0.1, -0.05) is 94.3 Å². The van der Waals surface area contributed by atoms with Crippen molar-refractivity contribution >= 4 is 85.8 Å². The molecule has 0 atom stereocenters. The van der Waals surface area contributed by atoms with Crippen LogP contribution >= 0.6 is 45.2 Å². The first-order chi connectivity index (χ1) is 43.3. The summed E-state index contributed by atoms with van der Waals surface area (Å²) in [6.45, 7) is 34.9. The van der Waals surface area contributed by atoms with Gasteiger partial charge >= 0.3 is 13.1 Å². The molecule has 0 saturated carbocycles. The first kappa shape index (κ1) is 88.3. The van der Waals surface area contributed by atoms with Crippen molar-refractivity contribution in [1.29, 1.82) is 0 Å². The predicted octanol–water partition coefficient (Wildman–Crippen LogP) is 13.4. The highest BCUT2D eigenvalue weighted by Gasteiger charge is 2.23. The van der Waals surface area contributed by atoms with Gasteiger partial charge in [0.15, 0.2) is 0 Å². The van der Waals surface area contributed by atoms with Gasteiger partial charge < -0.3 is 34.6 Å². The maximum Gasteiger partial charge on any atom is 0.490 e. The van der Waals surface area contributed by atoms with Crippen LogP contribution in [0.25, 0.3) is 22.7 Å². The lowest BCUT2D eigenvalue weighted by molar-refractivity contribution is 0.0509. The number of aromatic nitrogens is 15. The number of pyridine rings is 5. The molecular formula is C71H97BI2N16O5Si2. The molecule has 10 aromatic heterocycles. The minimum Gasteiger partial charge on any atom is -0.460 e. The van der Waals surface area contributed by atoms with Crippen molar-refractivity contribution in [2.75, 3.05) is 6.61 Å². The number of nitrogens with one attached hydrogen (secondary N) is 1. The van der Waals surface area contributed by atoms with E-state index in [4.69, 9.17) is 26.9 Å². The highest BCUT2D eigenvalue weighted by Crippen LogP contribution is 2.22. The number of halogens is 2. The first-order valence-electron chi connectivity index (χ1n) is 28.9.